The van der Waals surface area contributed by atoms with Gasteiger partial charge in [0, 0.05) is 36.8 Å². The Morgan fingerprint density at radius 3 is 3.00 bits per heavy atom. The van der Waals surface area contributed by atoms with Gasteiger partial charge in [0.25, 0.3) is 5.56 Å². The Balaban J connectivity index is 1.90. The lowest BCUT2D eigenvalue weighted by Crippen LogP contribution is -2.53. The highest BCUT2D eigenvalue weighted by molar-refractivity contribution is 7.07. The van der Waals surface area contributed by atoms with E-state index in [1.807, 2.05) is 5.38 Å². The van der Waals surface area contributed by atoms with E-state index in [1.54, 1.807) is 30.7 Å². The molecule has 2 aromatic heterocycles. The molecule has 0 bridgehead atoms. The summed E-state index contributed by atoms with van der Waals surface area (Å²) >= 11 is 1.55. The lowest BCUT2D eigenvalue weighted by molar-refractivity contribution is -0.0545. The molecule has 124 valence electrons. The largest absolute Gasteiger partial charge is 0.388 e. The van der Waals surface area contributed by atoms with Gasteiger partial charge in [-0.05, 0) is 20.3 Å². The Morgan fingerprint density at radius 2 is 2.30 bits per heavy atom. The summed E-state index contributed by atoms with van der Waals surface area (Å²) in [6, 6.07) is -0.419. The maximum atomic E-state index is 12.2. The zero-order valence-electron chi connectivity index (χ0n) is 13.2. The summed E-state index contributed by atoms with van der Waals surface area (Å²) in [6.45, 7) is 5.34. The minimum atomic E-state index is -1.01. The summed E-state index contributed by atoms with van der Waals surface area (Å²) < 4.78 is 1.45. The molecule has 0 spiro atoms. The Bertz CT molecular complexity index is 794. The van der Waals surface area contributed by atoms with Crippen molar-refractivity contribution in [2.75, 3.05) is 13.1 Å². The second kappa shape index (κ2) is 6.03. The average molecular weight is 336 g/mol. The molecule has 0 aromatic carbocycles. The van der Waals surface area contributed by atoms with Crippen LogP contribution in [0, 0.1) is 6.92 Å². The number of hydrogen-bond acceptors (Lipinski definition) is 6. The average Bonchev–Trinajstić information content (AvgIpc) is 2.98. The van der Waals surface area contributed by atoms with Crippen LogP contribution in [-0.2, 0) is 6.54 Å². The van der Waals surface area contributed by atoms with Crippen LogP contribution in [-0.4, -0.2) is 43.2 Å². The van der Waals surface area contributed by atoms with Crippen molar-refractivity contribution >= 4 is 11.3 Å². The van der Waals surface area contributed by atoms with E-state index in [0.29, 0.717) is 25.1 Å². The smallest absolute Gasteiger partial charge is 0.328 e. The molecular weight excluding hydrogens is 316 g/mol. The van der Waals surface area contributed by atoms with Crippen LogP contribution >= 0.6 is 11.3 Å². The van der Waals surface area contributed by atoms with E-state index in [-0.39, 0.29) is 5.56 Å². The summed E-state index contributed by atoms with van der Waals surface area (Å²) in [4.78, 5) is 32.5. The van der Waals surface area contributed by atoms with Crippen LogP contribution in [0.2, 0.25) is 0 Å². The molecule has 3 heterocycles. The summed E-state index contributed by atoms with van der Waals surface area (Å²) in [5.74, 6) is 0. The van der Waals surface area contributed by atoms with Gasteiger partial charge in [-0.2, -0.15) is 0 Å². The second-order valence-corrected chi connectivity index (χ2v) is 7.04. The molecule has 2 aromatic rings. The number of aromatic amines is 1. The molecule has 0 radical (unpaired) electrons. The molecule has 0 amide bonds. The predicted molar refractivity (Wildman–Crippen MR) is 87.7 cm³/mol. The highest BCUT2D eigenvalue weighted by Gasteiger charge is 2.39. The lowest BCUT2D eigenvalue weighted by atomic mass is 9.88. The van der Waals surface area contributed by atoms with Gasteiger partial charge in [-0.25, -0.2) is 9.78 Å². The number of H-pyrrole nitrogens is 1. The van der Waals surface area contributed by atoms with Crippen LogP contribution in [0.1, 0.15) is 30.6 Å². The van der Waals surface area contributed by atoms with Crippen molar-refractivity contribution in [3.8, 4) is 0 Å². The van der Waals surface area contributed by atoms with E-state index in [2.05, 4.69) is 14.9 Å². The first-order valence-electron chi connectivity index (χ1n) is 7.51. The molecular formula is C15H20N4O3S. The van der Waals surface area contributed by atoms with Gasteiger partial charge >= 0.3 is 5.69 Å². The highest BCUT2D eigenvalue weighted by atomic mass is 32.1. The van der Waals surface area contributed by atoms with Gasteiger partial charge < -0.3 is 5.11 Å². The van der Waals surface area contributed by atoms with E-state index in [4.69, 9.17) is 0 Å². The minimum absolute atomic E-state index is 0.388. The van der Waals surface area contributed by atoms with E-state index >= 15 is 0 Å². The van der Waals surface area contributed by atoms with Gasteiger partial charge in [-0.15, -0.1) is 11.3 Å². The van der Waals surface area contributed by atoms with Crippen molar-refractivity contribution in [1.82, 2.24) is 19.4 Å². The summed E-state index contributed by atoms with van der Waals surface area (Å²) in [7, 11) is 0. The van der Waals surface area contributed by atoms with Crippen molar-refractivity contribution in [1.29, 1.82) is 0 Å². The van der Waals surface area contributed by atoms with Crippen LogP contribution in [0.25, 0.3) is 0 Å². The van der Waals surface area contributed by atoms with E-state index in [9.17, 15) is 14.7 Å². The number of nitrogens with zero attached hydrogens (tertiary/aromatic N) is 3. The molecule has 0 saturated carbocycles. The quantitative estimate of drug-likeness (QED) is 0.852. The third-order valence-corrected chi connectivity index (χ3v) is 5.07. The van der Waals surface area contributed by atoms with Crippen LogP contribution in [0.5, 0.6) is 0 Å². The standard InChI is InChI=1S/C15H20N4O3S/c1-10-5-19(14(21)17-13(10)20)12-7-18(4-3-15(12,2)22)6-11-8-23-9-16-11/h5,8-9,12,22H,3-4,6-7H2,1-2H3,(H,17,20,21)/t12-,15-/m1/s1. The molecule has 1 aliphatic heterocycles. The van der Waals surface area contributed by atoms with Crippen molar-refractivity contribution in [3.05, 3.63) is 49.2 Å². The normalized spacial score (nSPS) is 25.6. The molecule has 0 unspecified atom stereocenters. The number of piperidine rings is 1. The van der Waals surface area contributed by atoms with Crippen LogP contribution in [0.3, 0.4) is 0 Å². The molecule has 8 heteroatoms. The topological polar surface area (TPSA) is 91.2 Å². The van der Waals surface area contributed by atoms with Gasteiger partial charge in [-0.3, -0.25) is 19.2 Å². The first-order valence-corrected chi connectivity index (χ1v) is 8.45. The number of thiazole rings is 1. The number of aryl methyl sites for hydroxylation is 1. The van der Waals surface area contributed by atoms with Crippen molar-refractivity contribution in [2.24, 2.45) is 0 Å². The second-order valence-electron chi connectivity index (χ2n) is 6.32. The summed E-state index contributed by atoms with van der Waals surface area (Å²) in [5.41, 5.74) is 1.36. The molecule has 3 rings (SSSR count). The number of nitrogens with one attached hydrogen (secondary N) is 1. The van der Waals surface area contributed by atoms with Crippen molar-refractivity contribution < 1.29 is 5.11 Å². The first kappa shape index (κ1) is 16.1. The fourth-order valence-electron chi connectivity index (χ4n) is 2.98. The summed E-state index contributed by atoms with van der Waals surface area (Å²) in [6.07, 6.45) is 2.08. The van der Waals surface area contributed by atoms with E-state index < -0.39 is 17.3 Å². The Hall–Kier alpha value is -1.77. The minimum Gasteiger partial charge on any atom is -0.388 e. The first-order chi connectivity index (χ1) is 10.9. The molecule has 23 heavy (non-hydrogen) atoms. The monoisotopic (exact) mass is 336 g/mol. The maximum Gasteiger partial charge on any atom is 0.328 e. The fraction of sp³-hybridized carbons (Fsp3) is 0.533. The Labute approximate surface area is 137 Å². The predicted octanol–water partition coefficient (Wildman–Crippen LogP) is 0.500. The molecule has 7 nitrogen and oxygen atoms in total. The molecule has 0 aliphatic carbocycles. The van der Waals surface area contributed by atoms with Crippen molar-refractivity contribution in [3.63, 3.8) is 0 Å². The van der Waals surface area contributed by atoms with Crippen LogP contribution in [0.15, 0.2) is 26.7 Å². The molecule has 2 atom stereocenters. The van der Waals surface area contributed by atoms with Gasteiger partial charge in [0.2, 0.25) is 0 Å². The zero-order chi connectivity index (χ0) is 16.6. The summed E-state index contributed by atoms with van der Waals surface area (Å²) in [5, 5.41) is 12.7. The Morgan fingerprint density at radius 1 is 1.52 bits per heavy atom. The zero-order valence-corrected chi connectivity index (χ0v) is 14.0. The number of rotatable bonds is 3. The fourth-order valence-corrected chi connectivity index (χ4v) is 3.53. The number of aliphatic hydroxyl groups is 1. The van der Waals surface area contributed by atoms with Gasteiger partial charge in [0.05, 0.1) is 22.8 Å². The van der Waals surface area contributed by atoms with Crippen LogP contribution in [0.4, 0.5) is 0 Å². The molecule has 1 saturated heterocycles. The number of hydrogen-bond donors (Lipinski definition) is 2. The SMILES string of the molecule is Cc1cn([C@@H]2CN(Cc3cscn3)CC[C@@]2(C)O)c(=O)[nH]c1=O. The van der Waals surface area contributed by atoms with E-state index in [1.165, 1.54) is 10.8 Å². The van der Waals surface area contributed by atoms with E-state index in [0.717, 1.165) is 12.2 Å². The number of aromatic nitrogens is 3. The molecule has 1 fully saturated rings. The lowest BCUT2D eigenvalue weighted by Gasteiger charge is -2.43. The third kappa shape index (κ3) is 3.29. The van der Waals surface area contributed by atoms with Crippen LogP contribution < -0.4 is 11.2 Å². The molecule has 1 aliphatic rings. The molecule has 2 N–H and O–H groups in total. The number of likely N-dealkylation sites (tertiary alicyclic amines) is 1. The van der Waals surface area contributed by atoms with Crippen molar-refractivity contribution in [2.45, 2.75) is 38.5 Å². The highest BCUT2D eigenvalue weighted by Crippen LogP contribution is 2.31. The van der Waals surface area contributed by atoms with Gasteiger partial charge in [0.15, 0.2) is 0 Å². The third-order valence-electron chi connectivity index (χ3n) is 4.43. The van der Waals surface area contributed by atoms with Gasteiger partial charge in [0.1, 0.15) is 0 Å². The Kier molecular flexibility index (Phi) is 4.22. The van der Waals surface area contributed by atoms with Gasteiger partial charge in [-0.1, -0.05) is 0 Å². The maximum absolute atomic E-state index is 12.2.